The first-order valence-electron chi connectivity index (χ1n) is 16.2. The predicted molar refractivity (Wildman–Crippen MR) is 175 cm³/mol. The van der Waals surface area contributed by atoms with Gasteiger partial charge in [-0.25, -0.2) is 9.67 Å². The van der Waals surface area contributed by atoms with Crippen LogP contribution < -0.4 is 21.3 Å². The Hall–Kier alpha value is -5.08. The summed E-state index contributed by atoms with van der Waals surface area (Å²) in [5, 5.41) is 19.6. The van der Waals surface area contributed by atoms with Crippen molar-refractivity contribution >= 4 is 29.5 Å². The maximum absolute atomic E-state index is 13.6. The second-order valence-electron chi connectivity index (χ2n) is 12.7. The van der Waals surface area contributed by atoms with Crippen molar-refractivity contribution in [3.63, 3.8) is 0 Å². The topological polar surface area (TPSA) is 193 Å². The lowest BCUT2D eigenvalue weighted by molar-refractivity contribution is -0.132. The SMILES string of the molecule is CC(C)C[C@H]1NC(=O)[C@@H](C)NC(=O)CN(C(=O)c2cc(C(C)C)on2)CCCNC(=O)Cn2nc(-c3ccccc3)nc2[C@H](C)NC1=O. The number of carbonyl (C=O) groups is 5. The van der Waals surface area contributed by atoms with E-state index in [1.807, 2.05) is 58.0 Å². The second-order valence-corrected chi connectivity index (χ2v) is 12.7. The third-order valence-corrected chi connectivity index (χ3v) is 7.75. The zero-order chi connectivity index (χ0) is 35.0. The van der Waals surface area contributed by atoms with Gasteiger partial charge in [0, 0.05) is 30.6 Å². The van der Waals surface area contributed by atoms with Gasteiger partial charge in [-0.05, 0) is 32.6 Å². The van der Waals surface area contributed by atoms with Crippen molar-refractivity contribution in [1.29, 1.82) is 0 Å². The van der Waals surface area contributed by atoms with Gasteiger partial charge in [0.2, 0.25) is 23.6 Å². The largest absolute Gasteiger partial charge is 0.360 e. The minimum Gasteiger partial charge on any atom is -0.360 e. The van der Waals surface area contributed by atoms with Gasteiger partial charge in [0.1, 0.15) is 30.2 Å². The maximum Gasteiger partial charge on any atom is 0.276 e. The molecule has 3 atom stereocenters. The number of hydrogen-bond donors (Lipinski definition) is 4. The minimum atomic E-state index is -1.01. The summed E-state index contributed by atoms with van der Waals surface area (Å²) in [6.45, 7) is 10.6. The Bertz CT molecular complexity index is 1600. The highest BCUT2D eigenvalue weighted by Crippen LogP contribution is 2.20. The molecule has 0 unspecified atom stereocenters. The molecule has 0 bridgehead atoms. The van der Waals surface area contributed by atoms with E-state index < -0.39 is 41.8 Å². The van der Waals surface area contributed by atoms with Crippen LogP contribution in [0.3, 0.4) is 0 Å². The van der Waals surface area contributed by atoms with Gasteiger partial charge in [0.05, 0.1) is 12.6 Å². The Morgan fingerprint density at radius 2 is 1.67 bits per heavy atom. The van der Waals surface area contributed by atoms with Crippen LogP contribution in [0.5, 0.6) is 0 Å². The van der Waals surface area contributed by atoms with Crippen molar-refractivity contribution in [2.24, 2.45) is 5.92 Å². The number of rotatable bonds is 5. The fourth-order valence-corrected chi connectivity index (χ4v) is 5.17. The van der Waals surface area contributed by atoms with Crippen LogP contribution in [0.4, 0.5) is 0 Å². The molecule has 0 saturated heterocycles. The number of aromatic nitrogens is 4. The summed E-state index contributed by atoms with van der Waals surface area (Å²) in [5.41, 5.74) is 0.786. The third-order valence-electron chi connectivity index (χ3n) is 7.75. The summed E-state index contributed by atoms with van der Waals surface area (Å²) >= 11 is 0. The standard InChI is InChI=1S/C33H45N9O6/c1-19(2)15-24-32(46)36-21(5)30-38-29(23-11-8-7-9-12-23)39-42(30)18-27(43)34-13-10-14-41(17-28(44)35-22(6)31(45)37-24)33(47)25-16-26(20(3)4)48-40-25/h7-9,11-12,16,19-22,24H,10,13-15,17-18H2,1-6H3,(H,34,43)(H,35,44)(H,36,46)(H,37,45)/t21-,22+,24+/m0/s1. The summed E-state index contributed by atoms with van der Waals surface area (Å²) in [7, 11) is 0. The summed E-state index contributed by atoms with van der Waals surface area (Å²) < 4.78 is 6.74. The molecule has 0 spiro atoms. The smallest absolute Gasteiger partial charge is 0.276 e. The fourth-order valence-electron chi connectivity index (χ4n) is 5.17. The van der Waals surface area contributed by atoms with Crippen LogP contribution in [0.15, 0.2) is 40.9 Å². The molecule has 0 aliphatic carbocycles. The van der Waals surface area contributed by atoms with Crippen molar-refractivity contribution in [3.05, 3.63) is 53.7 Å². The molecule has 4 N–H and O–H groups in total. The van der Waals surface area contributed by atoms with E-state index in [4.69, 9.17) is 4.52 Å². The monoisotopic (exact) mass is 663 g/mol. The zero-order valence-electron chi connectivity index (χ0n) is 28.3. The Morgan fingerprint density at radius 3 is 2.33 bits per heavy atom. The van der Waals surface area contributed by atoms with Gasteiger partial charge < -0.3 is 30.7 Å². The van der Waals surface area contributed by atoms with E-state index in [2.05, 4.69) is 36.5 Å². The fraction of sp³-hybridized carbons (Fsp3) is 0.515. The highest BCUT2D eigenvalue weighted by atomic mass is 16.5. The zero-order valence-corrected chi connectivity index (χ0v) is 28.3. The summed E-state index contributed by atoms with van der Waals surface area (Å²) in [6, 6.07) is 8.21. The summed E-state index contributed by atoms with van der Waals surface area (Å²) in [5.74, 6) is -1.16. The van der Waals surface area contributed by atoms with E-state index in [0.717, 1.165) is 5.56 Å². The number of carbonyl (C=O) groups excluding carboxylic acids is 5. The Kier molecular flexibility index (Phi) is 12.0. The summed E-state index contributed by atoms with van der Waals surface area (Å²) in [4.78, 5) is 72.4. The summed E-state index contributed by atoms with van der Waals surface area (Å²) in [6.07, 6.45) is 0.645. The molecule has 0 saturated carbocycles. The molecular weight excluding hydrogens is 618 g/mol. The molecule has 1 aliphatic rings. The van der Waals surface area contributed by atoms with Gasteiger partial charge >= 0.3 is 0 Å². The van der Waals surface area contributed by atoms with Crippen molar-refractivity contribution in [2.75, 3.05) is 19.6 Å². The molecule has 0 radical (unpaired) electrons. The molecule has 3 aromatic rings. The number of hydrogen-bond acceptors (Lipinski definition) is 9. The van der Waals surface area contributed by atoms with Crippen molar-refractivity contribution in [1.82, 2.24) is 46.1 Å². The third kappa shape index (κ3) is 9.48. The van der Waals surface area contributed by atoms with E-state index >= 15 is 0 Å². The minimum absolute atomic E-state index is 0.000259. The highest BCUT2D eigenvalue weighted by Gasteiger charge is 2.29. The number of nitrogens with one attached hydrogen (secondary N) is 4. The molecule has 1 aromatic carbocycles. The van der Waals surface area contributed by atoms with E-state index in [1.165, 1.54) is 22.6 Å². The molecule has 15 heteroatoms. The lowest BCUT2D eigenvalue weighted by Gasteiger charge is -2.25. The van der Waals surface area contributed by atoms with E-state index in [9.17, 15) is 24.0 Å². The van der Waals surface area contributed by atoms with Crippen LogP contribution in [0.1, 0.15) is 88.4 Å². The average Bonchev–Trinajstić information content (AvgIpc) is 3.70. The Morgan fingerprint density at radius 1 is 0.938 bits per heavy atom. The van der Waals surface area contributed by atoms with Gasteiger partial charge in [-0.1, -0.05) is 63.2 Å². The first kappa shape index (κ1) is 35.8. The second kappa shape index (κ2) is 16.2. The van der Waals surface area contributed by atoms with Gasteiger partial charge in [0.25, 0.3) is 5.91 Å². The van der Waals surface area contributed by atoms with Crippen LogP contribution in [0.25, 0.3) is 11.4 Å². The predicted octanol–water partition coefficient (Wildman–Crippen LogP) is 1.93. The maximum atomic E-state index is 13.6. The van der Waals surface area contributed by atoms with Crippen molar-refractivity contribution in [3.8, 4) is 11.4 Å². The molecular formula is C33H45N9O6. The average molecular weight is 664 g/mol. The molecule has 48 heavy (non-hydrogen) atoms. The number of nitrogens with zero attached hydrogens (tertiary/aromatic N) is 5. The first-order chi connectivity index (χ1) is 22.8. The van der Waals surface area contributed by atoms with Crippen molar-refractivity contribution in [2.45, 2.75) is 85.0 Å². The number of amides is 5. The van der Waals surface area contributed by atoms with Gasteiger partial charge in [-0.2, -0.15) is 5.10 Å². The molecule has 15 nitrogen and oxygen atoms in total. The lowest BCUT2D eigenvalue weighted by atomic mass is 10.0. The van der Waals surface area contributed by atoms with Gasteiger partial charge in [-0.15, -0.1) is 0 Å². The van der Waals surface area contributed by atoms with Crippen LogP contribution in [0.2, 0.25) is 0 Å². The molecule has 258 valence electrons. The van der Waals surface area contributed by atoms with Gasteiger partial charge in [0.15, 0.2) is 11.5 Å². The van der Waals surface area contributed by atoms with Crippen LogP contribution in [0, 0.1) is 5.92 Å². The molecule has 3 heterocycles. The molecule has 2 aromatic heterocycles. The Balaban J connectivity index is 1.63. The van der Waals surface area contributed by atoms with Gasteiger partial charge in [-0.3, -0.25) is 24.0 Å². The first-order valence-corrected chi connectivity index (χ1v) is 16.2. The van der Waals surface area contributed by atoms with E-state index in [0.29, 0.717) is 30.3 Å². The number of benzene rings is 1. The van der Waals surface area contributed by atoms with E-state index in [1.54, 1.807) is 6.92 Å². The lowest BCUT2D eigenvalue weighted by Crippen LogP contribution is -2.54. The molecule has 5 amide bonds. The number of fused-ring (bicyclic) bond motifs is 1. The quantitative estimate of drug-likeness (QED) is 0.316. The highest BCUT2D eigenvalue weighted by molar-refractivity contribution is 5.96. The Labute approximate surface area is 279 Å². The molecule has 1 aliphatic heterocycles. The van der Waals surface area contributed by atoms with E-state index in [-0.39, 0.29) is 49.6 Å². The molecule has 4 rings (SSSR count). The van der Waals surface area contributed by atoms with Crippen molar-refractivity contribution < 1.29 is 28.5 Å². The van der Waals surface area contributed by atoms with Crippen LogP contribution in [-0.2, 0) is 25.7 Å². The molecule has 0 fully saturated rings. The normalized spacial score (nSPS) is 20.6. The van der Waals surface area contributed by atoms with Crippen LogP contribution >= 0.6 is 0 Å². The van der Waals surface area contributed by atoms with Crippen LogP contribution in [-0.4, -0.2) is 86.1 Å².